The fourth-order valence-electron chi connectivity index (χ4n) is 3.34. The Labute approximate surface area is 153 Å². The molecular weight excluding hydrogens is 334 g/mol. The van der Waals surface area contributed by atoms with Crippen LogP contribution in [0.1, 0.15) is 25.3 Å². The lowest BCUT2D eigenvalue weighted by Crippen LogP contribution is -2.33. The molecule has 1 atom stereocenters. The van der Waals surface area contributed by atoms with Gasteiger partial charge in [0, 0.05) is 12.3 Å². The predicted octanol–water partition coefficient (Wildman–Crippen LogP) is 2.55. The molecule has 0 spiro atoms. The molecule has 0 saturated carbocycles. The molecule has 0 bridgehead atoms. The fraction of sp³-hybridized carbons (Fsp3) is 0.400. The lowest BCUT2D eigenvalue weighted by Gasteiger charge is -2.21. The second kappa shape index (κ2) is 7.74. The maximum atomic E-state index is 13.0. The summed E-state index contributed by atoms with van der Waals surface area (Å²) in [6.07, 6.45) is 3.62. The van der Waals surface area contributed by atoms with Gasteiger partial charge in [0.25, 0.3) is 5.91 Å². The molecule has 1 saturated heterocycles. The minimum absolute atomic E-state index is 0.00367. The van der Waals surface area contributed by atoms with Crippen LogP contribution < -0.4 is 4.74 Å². The van der Waals surface area contributed by atoms with Crippen molar-refractivity contribution < 1.29 is 23.8 Å². The first-order valence-corrected chi connectivity index (χ1v) is 8.64. The Morgan fingerprint density at radius 1 is 1.38 bits per heavy atom. The van der Waals surface area contributed by atoms with E-state index in [0.717, 1.165) is 18.4 Å². The maximum Gasteiger partial charge on any atom is 0.340 e. The summed E-state index contributed by atoms with van der Waals surface area (Å²) in [5.74, 6) is -0.0395. The Morgan fingerprint density at radius 3 is 2.85 bits per heavy atom. The third kappa shape index (κ3) is 3.51. The van der Waals surface area contributed by atoms with Crippen LogP contribution >= 0.6 is 0 Å². The van der Waals surface area contributed by atoms with Gasteiger partial charge in [0.15, 0.2) is 0 Å². The number of methoxy groups -OCH3 is 2. The summed E-state index contributed by atoms with van der Waals surface area (Å²) < 4.78 is 15.8. The van der Waals surface area contributed by atoms with Gasteiger partial charge >= 0.3 is 5.97 Å². The Kier molecular flexibility index (Phi) is 5.42. The molecule has 1 aromatic rings. The summed E-state index contributed by atoms with van der Waals surface area (Å²) in [4.78, 5) is 27.0. The number of hydrogen-bond donors (Lipinski definition) is 0. The van der Waals surface area contributed by atoms with Crippen molar-refractivity contribution in [3.63, 3.8) is 0 Å². The van der Waals surface area contributed by atoms with E-state index < -0.39 is 5.97 Å². The lowest BCUT2D eigenvalue weighted by molar-refractivity contribution is -0.136. The van der Waals surface area contributed by atoms with Crippen molar-refractivity contribution in [1.82, 2.24) is 4.90 Å². The van der Waals surface area contributed by atoms with Crippen molar-refractivity contribution in [3.05, 3.63) is 46.7 Å². The van der Waals surface area contributed by atoms with Crippen molar-refractivity contribution in [2.24, 2.45) is 0 Å². The van der Waals surface area contributed by atoms with Crippen LogP contribution in [0.2, 0.25) is 0 Å². The summed E-state index contributed by atoms with van der Waals surface area (Å²) in [5.41, 5.74) is 2.02. The number of rotatable bonds is 5. The first-order chi connectivity index (χ1) is 12.5. The van der Waals surface area contributed by atoms with E-state index in [9.17, 15) is 9.59 Å². The summed E-state index contributed by atoms with van der Waals surface area (Å²) in [6, 6.07) is 7.33. The van der Waals surface area contributed by atoms with Crippen LogP contribution in [0.4, 0.5) is 0 Å². The van der Waals surface area contributed by atoms with E-state index in [1.54, 1.807) is 25.0 Å². The number of hydrogen-bond acceptors (Lipinski definition) is 5. The molecule has 0 radical (unpaired) electrons. The first-order valence-electron chi connectivity index (χ1n) is 8.64. The molecule has 6 nitrogen and oxygen atoms in total. The van der Waals surface area contributed by atoms with Gasteiger partial charge in [-0.05, 0) is 43.5 Å². The molecule has 26 heavy (non-hydrogen) atoms. The number of nitrogens with zero attached hydrogens (tertiary/aromatic N) is 1. The Bertz CT molecular complexity index is 774. The maximum absolute atomic E-state index is 13.0. The molecule has 0 unspecified atom stereocenters. The van der Waals surface area contributed by atoms with Crippen LogP contribution in [0.5, 0.6) is 5.75 Å². The van der Waals surface area contributed by atoms with Gasteiger partial charge in [0.1, 0.15) is 5.75 Å². The van der Waals surface area contributed by atoms with Crippen LogP contribution in [0.3, 0.4) is 0 Å². The standard InChI is InChI=1S/C20H23NO5/c1-13-18(20(23)25-3)17(11-14-6-4-7-15(10-14)24-2)19(22)21(13)12-16-8-5-9-26-16/h4,6-7,10-11,16H,5,8-9,12H2,1-3H3/b17-11-/t16-/m0/s1. The number of esters is 1. The molecule has 6 heteroatoms. The van der Waals surface area contributed by atoms with E-state index >= 15 is 0 Å². The van der Waals surface area contributed by atoms with Crippen LogP contribution in [0.15, 0.2) is 41.1 Å². The van der Waals surface area contributed by atoms with Crippen molar-refractivity contribution >= 4 is 18.0 Å². The summed E-state index contributed by atoms with van der Waals surface area (Å²) >= 11 is 0. The second-order valence-electron chi connectivity index (χ2n) is 6.34. The van der Waals surface area contributed by atoms with Crippen LogP contribution in [0.25, 0.3) is 6.08 Å². The average Bonchev–Trinajstić information content (AvgIpc) is 3.24. The van der Waals surface area contributed by atoms with E-state index in [2.05, 4.69) is 0 Å². The highest BCUT2D eigenvalue weighted by Gasteiger charge is 2.38. The zero-order valence-electron chi connectivity index (χ0n) is 15.3. The van der Waals surface area contributed by atoms with E-state index in [-0.39, 0.29) is 12.0 Å². The van der Waals surface area contributed by atoms with Gasteiger partial charge in [0.05, 0.1) is 38.0 Å². The second-order valence-corrected chi connectivity index (χ2v) is 6.34. The molecule has 1 amide bonds. The van der Waals surface area contributed by atoms with Crippen LogP contribution in [0, 0.1) is 0 Å². The Hall–Kier alpha value is -2.60. The van der Waals surface area contributed by atoms with E-state index in [4.69, 9.17) is 14.2 Å². The molecule has 0 N–H and O–H groups in total. The number of carbonyl (C=O) groups excluding carboxylic acids is 2. The molecule has 3 rings (SSSR count). The topological polar surface area (TPSA) is 65.1 Å². The molecule has 2 heterocycles. The van der Waals surface area contributed by atoms with Gasteiger partial charge in [0.2, 0.25) is 0 Å². The number of ether oxygens (including phenoxy) is 3. The third-order valence-electron chi connectivity index (χ3n) is 4.72. The van der Waals surface area contributed by atoms with E-state index in [0.29, 0.717) is 35.7 Å². The SMILES string of the molecule is COC(=O)C1=C(C)N(C[C@@H]2CCCO2)C(=O)/C1=C\c1cccc(OC)c1. The number of allylic oxidation sites excluding steroid dienone is 1. The Morgan fingerprint density at radius 2 is 2.19 bits per heavy atom. The van der Waals surface area contributed by atoms with Crippen LogP contribution in [-0.2, 0) is 19.1 Å². The number of benzene rings is 1. The molecule has 0 aromatic heterocycles. The van der Waals surface area contributed by atoms with Gasteiger partial charge < -0.3 is 19.1 Å². The summed E-state index contributed by atoms with van der Waals surface area (Å²) in [5, 5.41) is 0. The zero-order valence-corrected chi connectivity index (χ0v) is 15.3. The van der Waals surface area contributed by atoms with Crippen molar-refractivity contribution in [2.75, 3.05) is 27.4 Å². The zero-order chi connectivity index (χ0) is 18.7. The quantitative estimate of drug-likeness (QED) is 0.599. The average molecular weight is 357 g/mol. The van der Waals surface area contributed by atoms with Gasteiger partial charge in [-0.2, -0.15) is 0 Å². The van der Waals surface area contributed by atoms with E-state index in [1.807, 2.05) is 24.3 Å². The molecule has 1 fully saturated rings. The molecule has 138 valence electrons. The van der Waals surface area contributed by atoms with Gasteiger partial charge in [-0.3, -0.25) is 4.79 Å². The molecular formula is C20H23NO5. The van der Waals surface area contributed by atoms with Crippen molar-refractivity contribution in [2.45, 2.75) is 25.9 Å². The summed E-state index contributed by atoms with van der Waals surface area (Å²) in [7, 11) is 2.90. The lowest BCUT2D eigenvalue weighted by atomic mass is 10.0. The monoisotopic (exact) mass is 357 g/mol. The highest BCUT2D eigenvalue weighted by atomic mass is 16.5. The third-order valence-corrected chi connectivity index (χ3v) is 4.72. The first kappa shape index (κ1) is 18.2. The van der Waals surface area contributed by atoms with Crippen molar-refractivity contribution in [3.8, 4) is 5.75 Å². The van der Waals surface area contributed by atoms with E-state index in [1.165, 1.54) is 7.11 Å². The highest BCUT2D eigenvalue weighted by Crippen LogP contribution is 2.33. The molecule has 0 aliphatic carbocycles. The van der Waals surface area contributed by atoms with Gasteiger partial charge in [-0.25, -0.2) is 4.79 Å². The number of carbonyl (C=O) groups is 2. The van der Waals surface area contributed by atoms with Gasteiger partial charge in [-0.1, -0.05) is 12.1 Å². The summed E-state index contributed by atoms with van der Waals surface area (Å²) in [6.45, 7) is 2.93. The molecule has 1 aromatic carbocycles. The normalized spacial score (nSPS) is 21.7. The predicted molar refractivity (Wildman–Crippen MR) is 96.4 cm³/mol. The van der Waals surface area contributed by atoms with Crippen LogP contribution in [-0.4, -0.2) is 50.3 Å². The molecule has 2 aliphatic heterocycles. The Balaban J connectivity index is 1.97. The minimum Gasteiger partial charge on any atom is -0.497 e. The van der Waals surface area contributed by atoms with Crippen molar-refractivity contribution in [1.29, 1.82) is 0 Å². The van der Waals surface area contributed by atoms with Gasteiger partial charge in [-0.15, -0.1) is 0 Å². The smallest absolute Gasteiger partial charge is 0.340 e. The highest BCUT2D eigenvalue weighted by molar-refractivity contribution is 6.16. The minimum atomic E-state index is -0.514. The number of amides is 1. The fourth-order valence-corrected chi connectivity index (χ4v) is 3.34. The largest absolute Gasteiger partial charge is 0.497 e. The molecule has 2 aliphatic rings.